The van der Waals surface area contributed by atoms with Crippen LogP contribution in [0, 0.1) is 5.82 Å². The maximum Gasteiger partial charge on any atom is 0.419 e. The van der Waals surface area contributed by atoms with Gasteiger partial charge in [-0.2, -0.15) is 13.2 Å². The van der Waals surface area contributed by atoms with Gasteiger partial charge in [-0.25, -0.2) is 9.18 Å². The molecule has 0 unspecified atom stereocenters. The van der Waals surface area contributed by atoms with Gasteiger partial charge >= 0.3 is 18.2 Å². The molecule has 3 aromatic rings. The Morgan fingerprint density at radius 2 is 1.56 bits per heavy atom. The summed E-state index contributed by atoms with van der Waals surface area (Å²) in [4.78, 5) is 23.8. The number of nitrogens with one attached hydrogen (secondary N) is 1. The third-order valence-electron chi connectivity index (χ3n) is 5.71. The molecule has 4 rings (SSSR count). The summed E-state index contributed by atoms with van der Waals surface area (Å²) in [6.45, 7) is -0.0587. The monoisotopic (exact) mass is 473 g/mol. The zero-order chi connectivity index (χ0) is 24.5. The predicted octanol–water partition coefficient (Wildman–Crippen LogP) is 5.90. The number of aliphatic carboxylic acids is 1. The van der Waals surface area contributed by atoms with Gasteiger partial charge in [-0.3, -0.25) is 4.79 Å². The minimum atomic E-state index is -4.97. The number of halogens is 4. The third-order valence-corrected chi connectivity index (χ3v) is 5.71. The van der Waals surface area contributed by atoms with Crippen molar-refractivity contribution >= 4 is 12.1 Å². The number of amides is 1. The molecule has 0 radical (unpaired) electrons. The van der Waals surface area contributed by atoms with Crippen LogP contribution in [0.4, 0.5) is 22.4 Å². The number of carboxylic acid groups (broad SMARTS) is 1. The average molecular weight is 473 g/mol. The zero-order valence-corrected chi connectivity index (χ0v) is 17.6. The summed E-state index contributed by atoms with van der Waals surface area (Å²) >= 11 is 0. The minimum Gasteiger partial charge on any atom is -0.481 e. The van der Waals surface area contributed by atoms with E-state index in [1.165, 1.54) is 0 Å². The Morgan fingerprint density at radius 3 is 2.12 bits per heavy atom. The van der Waals surface area contributed by atoms with Gasteiger partial charge in [0.25, 0.3) is 0 Å². The quantitative estimate of drug-likeness (QED) is 0.437. The van der Waals surface area contributed by atoms with E-state index in [1.807, 2.05) is 48.5 Å². The summed E-state index contributed by atoms with van der Waals surface area (Å²) in [6.07, 6.45) is -6.68. The van der Waals surface area contributed by atoms with Gasteiger partial charge in [0.1, 0.15) is 12.4 Å². The molecule has 0 fully saturated rings. The summed E-state index contributed by atoms with van der Waals surface area (Å²) in [7, 11) is 0. The van der Waals surface area contributed by atoms with Crippen LogP contribution in [-0.4, -0.2) is 23.8 Å². The molecule has 0 bridgehead atoms. The number of carbonyl (C=O) groups excluding carboxylic acids is 1. The van der Waals surface area contributed by atoms with Crippen molar-refractivity contribution in [2.75, 3.05) is 6.61 Å². The Balaban J connectivity index is 1.51. The molecule has 0 heterocycles. The Kier molecular flexibility index (Phi) is 6.28. The maximum atomic E-state index is 13.6. The van der Waals surface area contributed by atoms with Crippen molar-refractivity contribution < 1.29 is 37.0 Å². The highest BCUT2D eigenvalue weighted by atomic mass is 19.4. The number of hydrogen-bond donors (Lipinski definition) is 2. The van der Waals surface area contributed by atoms with E-state index in [0.717, 1.165) is 28.3 Å². The van der Waals surface area contributed by atoms with Crippen LogP contribution in [-0.2, 0) is 15.7 Å². The van der Waals surface area contributed by atoms with E-state index >= 15 is 0 Å². The van der Waals surface area contributed by atoms with E-state index in [9.17, 15) is 32.3 Å². The highest BCUT2D eigenvalue weighted by Crippen LogP contribution is 2.44. The molecule has 2 N–H and O–H groups in total. The van der Waals surface area contributed by atoms with Crippen LogP contribution < -0.4 is 5.32 Å². The number of alkyl halides is 3. The van der Waals surface area contributed by atoms with Crippen LogP contribution in [0.3, 0.4) is 0 Å². The molecule has 0 saturated carbocycles. The smallest absolute Gasteiger partial charge is 0.419 e. The highest BCUT2D eigenvalue weighted by Gasteiger charge is 2.35. The van der Waals surface area contributed by atoms with Crippen molar-refractivity contribution in [3.05, 3.63) is 94.8 Å². The van der Waals surface area contributed by atoms with E-state index < -0.39 is 42.1 Å². The lowest BCUT2D eigenvalue weighted by Gasteiger charge is -2.20. The standard InChI is InChI=1S/C25H19F4NO4/c26-21-10-9-14(11-20(21)25(27,28)29)22(12-23(31)32)30-24(33)34-13-19-17-7-3-1-5-15(17)16-6-2-4-8-18(16)19/h1-11,19,22H,12-13H2,(H,30,33)(H,31,32)/t22-/m1/s1. The molecule has 1 atom stereocenters. The van der Waals surface area contributed by atoms with Gasteiger partial charge in [0.15, 0.2) is 0 Å². The number of alkyl carbamates (subject to hydrolysis) is 1. The number of carboxylic acids is 1. The molecule has 0 spiro atoms. The van der Waals surface area contributed by atoms with E-state index in [-0.39, 0.29) is 18.1 Å². The number of hydrogen-bond acceptors (Lipinski definition) is 3. The molecule has 0 saturated heterocycles. The van der Waals surface area contributed by atoms with Gasteiger partial charge < -0.3 is 15.2 Å². The van der Waals surface area contributed by atoms with Crippen LogP contribution in [0.5, 0.6) is 0 Å². The van der Waals surface area contributed by atoms with Crippen LogP contribution in [0.2, 0.25) is 0 Å². The van der Waals surface area contributed by atoms with E-state index in [1.54, 1.807) is 0 Å². The second-order valence-corrected chi connectivity index (χ2v) is 7.86. The predicted molar refractivity (Wildman–Crippen MR) is 115 cm³/mol. The van der Waals surface area contributed by atoms with Crippen molar-refractivity contribution in [1.29, 1.82) is 0 Å². The fraction of sp³-hybridized carbons (Fsp3) is 0.200. The Labute approximate surface area is 192 Å². The second-order valence-electron chi connectivity index (χ2n) is 7.86. The summed E-state index contributed by atoms with van der Waals surface area (Å²) in [5, 5.41) is 11.5. The molecule has 9 heteroatoms. The fourth-order valence-electron chi connectivity index (χ4n) is 4.19. The second kappa shape index (κ2) is 9.17. The lowest BCUT2D eigenvalue weighted by molar-refractivity contribution is -0.140. The summed E-state index contributed by atoms with van der Waals surface area (Å²) in [5.74, 6) is -3.10. The van der Waals surface area contributed by atoms with Gasteiger partial charge in [-0.15, -0.1) is 0 Å². The topological polar surface area (TPSA) is 75.6 Å². The number of carbonyl (C=O) groups is 2. The lowest BCUT2D eigenvalue weighted by atomic mass is 9.98. The molecule has 0 aliphatic heterocycles. The van der Waals surface area contributed by atoms with Crippen molar-refractivity contribution in [1.82, 2.24) is 5.32 Å². The molecule has 1 aliphatic carbocycles. The molecule has 3 aromatic carbocycles. The fourth-order valence-corrected chi connectivity index (χ4v) is 4.19. The van der Waals surface area contributed by atoms with Crippen molar-refractivity contribution in [2.45, 2.75) is 24.6 Å². The van der Waals surface area contributed by atoms with Crippen molar-refractivity contribution in [2.24, 2.45) is 0 Å². The molecule has 5 nitrogen and oxygen atoms in total. The Hall–Kier alpha value is -3.88. The van der Waals surface area contributed by atoms with Crippen molar-refractivity contribution in [3.63, 3.8) is 0 Å². The van der Waals surface area contributed by atoms with Gasteiger partial charge in [0.05, 0.1) is 18.0 Å². The van der Waals surface area contributed by atoms with Crippen LogP contribution in [0.1, 0.15) is 40.6 Å². The molecular weight excluding hydrogens is 454 g/mol. The molecule has 34 heavy (non-hydrogen) atoms. The van der Waals surface area contributed by atoms with Crippen LogP contribution in [0.15, 0.2) is 66.7 Å². The average Bonchev–Trinajstić information content (AvgIpc) is 3.10. The first-order valence-corrected chi connectivity index (χ1v) is 10.3. The van der Waals surface area contributed by atoms with Gasteiger partial charge in [0.2, 0.25) is 0 Å². The summed E-state index contributed by atoms with van der Waals surface area (Å²) < 4.78 is 58.3. The summed E-state index contributed by atoms with van der Waals surface area (Å²) in [5.41, 5.74) is 2.21. The first-order chi connectivity index (χ1) is 16.1. The molecule has 0 aromatic heterocycles. The first kappa shape index (κ1) is 23.3. The number of ether oxygens (including phenoxy) is 1. The maximum absolute atomic E-state index is 13.6. The van der Waals surface area contributed by atoms with E-state index in [2.05, 4.69) is 5.32 Å². The normalized spacial score (nSPS) is 13.6. The van der Waals surface area contributed by atoms with E-state index in [4.69, 9.17) is 4.74 Å². The molecular formula is C25H19F4NO4. The number of fused-ring (bicyclic) bond motifs is 3. The van der Waals surface area contributed by atoms with Gasteiger partial charge in [0, 0.05) is 5.92 Å². The van der Waals surface area contributed by atoms with Crippen LogP contribution >= 0.6 is 0 Å². The Morgan fingerprint density at radius 1 is 0.971 bits per heavy atom. The highest BCUT2D eigenvalue weighted by molar-refractivity contribution is 5.79. The van der Waals surface area contributed by atoms with Crippen molar-refractivity contribution in [3.8, 4) is 11.1 Å². The van der Waals surface area contributed by atoms with Crippen LogP contribution in [0.25, 0.3) is 11.1 Å². The van der Waals surface area contributed by atoms with Gasteiger partial charge in [-0.1, -0.05) is 54.6 Å². The molecule has 1 aliphatic rings. The molecule has 1 amide bonds. The first-order valence-electron chi connectivity index (χ1n) is 10.3. The number of rotatable bonds is 6. The van der Waals surface area contributed by atoms with Gasteiger partial charge in [-0.05, 0) is 39.9 Å². The minimum absolute atomic E-state index is 0.0587. The lowest BCUT2D eigenvalue weighted by Crippen LogP contribution is -2.32. The zero-order valence-electron chi connectivity index (χ0n) is 17.6. The van der Waals surface area contributed by atoms with E-state index in [0.29, 0.717) is 12.1 Å². The largest absolute Gasteiger partial charge is 0.481 e. The number of benzene rings is 3. The SMILES string of the molecule is O=C(O)C[C@@H](NC(=O)OCC1c2ccccc2-c2ccccc21)c1ccc(F)c(C(F)(F)F)c1. The Bertz CT molecular complexity index is 1200. The summed E-state index contributed by atoms with van der Waals surface area (Å²) in [6, 6.07) is 16.0. The molecule has 176 valence electrons. The third kappa shape index (κ3) is 4.73.